The first-order valence-corrected chi connectivity index (χ1v) is 7.62. The van der Waals surface area contributed by atoms with Crippen LogP contribution in [0.5, 0.6) is 0 Å². The molecule has 0 radical (unpaired) electrons. The van der Waals surface area contributed by atoms with Gasteiger partial charge in [0.05, 0.1) is 9.26 Å². The van der Waals surface area contributed by atoms with Crippen molar-refractivity contribution < 1.29 is 0 Å². The van der Waals surface area contributed by atoms with Crippen LogP contribution in [0.1, 0.15) is 41.4 Å². The zero-order valence-electron chi connectivity index (χ0n) is 10.9. The predicted octanol–water partition coefficient (Wildman–Crippen LogP) is 3.44. The van der Waals surface area contributed by atoms with Crippen molar-refractivity contribution in [3.8, 4) is 0 Å². The summed E-state index contributed by atoms with van der Waals surface area (Å²) in [5, 5.41) is 0. The number of rotatable bonds is 1. The number of anilines is 1. The molecule has 3 rings (SSSR count). The van der Waals surface area contributed by atoms with E-state index in [9.17, 15) is 0 Å². The number of fused-ring (bicyclic) bond motifs is 1. The fourth-order valence-electron chi connectivity index (χ4n) is 2.78. The number of aromatic nitrogens is 2. The number of halogens is 1. The normalized spacial score (nSPS) is 18.1. The molecule has 2 N–H and O–H groups in total. The SMILES string of the molecule is Cc1nc(C2CCCc3ccccc32)nc(N)c1I. The van der Waals surface area contributed by atoms with Crippen LogP contribution in [0.4, 0.5) is 5.82 Å². The zero-order valence-corrected chi connectivity index (χ0v) is 13.0. The van der Waals surface area contributed by atoms with Crippen molar-refractivity contribution >= 4 is 28.4 Å². The summed E-state index contributed by atoms with van der Waals surface area (Å²) in [6.45, 7) is 2.00. The summed E-state index contributed by atoms with van der Waals surface area (Å²) in [7, 11) is 0. The molecule has 0 bridgehead atoms. The number of hydrogen-bond acceptors (Lipinski definition) is 3. The molecule has 0 aliphatic heterocycles. The van der Waals surface area contributed by atoms with Gasteiger partial charge >= 0.3 is 0 Å². The first kappa shape index (κ1) is 12.8. The number of nitrogens with two attached hydrogens (primary N) is 1. The van der Waals surface area contributed by atoms with Crippen molar-refractivity contribution in [2.75, 3.05) is 5.73 Å². The van der Waals surface area contributed by atoms with E-state index in [-0.39, 0.29) is 0 Å². The number of nitrogen functional groups attached to an aromatic ring is 1. The maximum absolute atomic E-state index is 5.99. The second-order valence-corrected chi connectivity index (χ2v) is 6.09. The molecule has 2 aromatic rings. The van der Waals surface area contributed by atoms with Crippen LogP contribution in [-0.2, 0) is 6.42 Å². The largest absolute Gasteiger partial charge is 0.383 e. The molecular formula is C15H16IN3. The number of hydrogen-bond donors (Lipinski definition) is 1. The third kappa shape index (κ3) is 2.33. The smallest absolute Gasteiger partial charge is 0.140 e. The molecule has 1 aliphatic carbocycles. The average Bonchev–Trinajstić information content (AvgIpc) is 2.43. The molecule has 0 spiro atoms. The molecular weight excluding hydrogens is 349 g/mol. The summed E-state index contributed by atoms with van der Waals surface area (Å²) in [5.74, 6) is 1.77. The summed E-state index contributed by atoms with van der Waals surface area (Å²) >= 11 is 2.21. The van der Waals surface area contributed by atoms with Crippen LogP contribution in [0.25, 0.3) is 0 Å². The maximum Gasteiger partial charge on any atom is 0.140 e. The van der Waals surface area contributed by atoms with Crippen molar-refractivity contribution in [3.05, 3.63) is 50.5 Å². The van der Waals surface area contributed by atoms with Gasteiger partial charge in [-0.05, 0) is 59.9 Å². The summed E-state index contributed by atoms with van der Waals surface area (Å²) in [5.41, 5.74) is 9.76. The number of aryl methyl sites for hydroxylation is 2. The second-order valence-electron chi connectivity index (χ2n) is 5.01. The lowest BCUT2D eigenvalue weighted by atomic mass is 9.82. The van der Waals surface area contributed by atoms with E-state index in [1.807, 2.05) is 6.92 Å². The van der Waals surface area contributed by atoms with Gasteiger partial charge in [-0.3, -0.25) is 0 Å². The average molecular weight is 365 g/mol. The lowest BCUT2D eigenvalue weighted by Crippen LogP contribution is -2.15. The monoisotopic (exact) mass is 365 g/mol. The quantitative estimate of drug-likeness (QED) is 0.788. The van der Waals surface area contributed by atoms with Gasteiger partial charge in [0.15, 0.2) is 0 Å². The van der Waals surface area contributed by atoms with Crippen LogP contribution < -0.4 is 5.73 Å². The predicted molar refractivity (Wildman–Crippen MR) is 85.1 cm³/mol. The van der Waals surface area contributed by atoms with Gasteiger partial charge in [-0.15, -0.1) is 0 Å². The lowest BCUT2D eigenvalue weighted by Gasteiger charge is -2.24. The minimum Gasteiger partial charge on any atom is -0.383 e. The van der Waals surface area contributed by atoms with Gasteiger partial charge in [0, 0.05) is 5.92 Å². The molecule has 1 aromatic heterocycles. The highest BCUT2D eigenvalue weighted by Gasteiger charge is 2.24. The van der Waals surface area contributed by atoms with Gasteiger partial charge in [0.25, 0.3) is 0 Å². The van der Waals surface area contributed by atoms with Gasteiger partial charge in [-0.2, -0.15) is 0 Å². The van der Waals surface area contributed by atoms with E-state index in [1.54, 1.807) is 0 Å². The Hall–Kier alpha value is -1.17. The molecule has 4 heteroatoms. The first-order valence-electron chi connectivity index (χ1n) is 6.54. The Bertz CT molecular complexity index is 602. The van der Waals surface area contributed by atoms with Crippen molar-refractivity contribution in [2.45, 2.75) is 32.1 Å². The Morgan fingerprint density at radius 1 is 1.26 bits per heavy atom. The summed E-state index contributed by atoms with van der Waals surface area (Å²) in [6.07, 6.45) is 3.46. The molecule has 1 unspecified atom stereocenters. The Labute approximate surface area is 126 Å². The van der Waals surface area contributed by atoms with Gasteiger partial charge in [0.1, 0.15) is 11.6 Å². The van der Waals surface area contributed by atoms with Crippen molar-refractivity contribution in [2.24, 2.45) is 0 Å². The Morgan fingerprint density at radius 2 is 2.05 bits per heavy atom. The fourth-order valence-corrected chi connectivity index (χ4v) is 3.02. The molecule has 98 valence electrons. The summed E-state index contributed by atoms with van der Waals surface area (Å²) < 4.78 is 0.963. The maximum atomic E-state index is 5.99. The second kappa shape index (κ2) is 5.07. The number of benzene rings is 1. The Kier molecular flexibility index (Phi) is 3.43. The van der Waals surface area contributed by atoms with Crippen molar-refractivity contribution in [1.82, 2.24) is 9.97 Å². The Morgan fingerprint density at radius 3 is 2.84 bits per heavy atom. The molecule has 0 saturated heterocycles. The van der Waals surface area contributed by atoms with Crippen LogP contribution in [0.2, 0.25) is 0 Å². The molecule has 1 atom stereocenters. The van der Waals surface area contributed by atoms with E-state index >= 15 is 0 Å². The van der Waals surface area contributed by atoms with E-state index in [0.717, 1.165) is 27.9 Å². The van der Waals surface area contributed by atoms with E-state index in [4.69, 9.17) is 5.73 Å². The van der Waals surface area contributed by atoms with Crippen LogP contribution in [-0.4, -0.2) is 9.97 Å². The highest BCUT2D eigenvalue weighted by Crippen LogP contribution is 2.35. The van der Waals surface area contributed by atoms with E-state index in [1.165, 1.54) is 17.5 Å². The minimum absolute atomic E-state index is 0.294. The van der Waals surface area contributed by atoms with Gasteiger partial charge in [0.2, 0.25) is 0 Å². The highest BCUT2D eigenvalue weighted by molar-refractivity contribution is 14.1. The molecule has 1 heterocycles. The van der Waals surface area contributed by atoms with Crippen LogP contribution in [0.3, 0.4) is 0 Å². The lowest BCUT2D eigenvalue weighted by molar-refractivity contribution is 0.589. The number of nitrogens with zero attached hydrogens (tertiary/aromatic N) is 2. The van der Waals surface area contributed by atoms with Crippen molar-refractivity contribution in [1.29, 1.82) is 0 Å². The summed E-state index contributed by atoms with van der Waals surface area (Å²) in [6, 6.07) is 8.62. The van der Waals surface area contributed by atoms with Crippen molar-refractivity contribution in [3.63, 3.8) is 0 Å². The fraction of sp³-hybridized carbons (Fsp3) is 0.333. The molecule has 1 aliphatic rings. The molecule has 3 nitrogen and oxygen atoms in total. The minimum atomic E-state index is 0.294. The van der Waals surface area contributed by atoms with Gasteiger partial charge < -0.3 is 5.73 Å². The summed E-state index contributed by atoms with van der Waals surface area (Å²) in [4.78, 5) is 9.17. The molecule has 0 fully saturated rings. The van der Waals surface area contributed by atoms with E-state index in [2.05, 4.69) is 56.8 Å². The van der Waals surface area contributed by atoms with Crippen LogP contribution in [0, 0.1) is 10.5 Å². The van der Waals surface area contributed by atoms with Crippen LogP contribution in [0.15, 0.2) is 24.3 Å². The first-order chi connectivity index (χ1) is 9.16. The third-order valence-electron chi connectivity index (χ3n) is 3.74. The van der Waals surface area contributed by atoms with Crippen LogP contribution >= 0.6 is 22.6 Å². The zero-order chi connectivity index (χ0) is 13.4. The molecule has 1 aromatic carbocycles. The molecule has 19 heavy (non-hydrogen) atoms. The molecule has 0 amide bonds. The topological polar surface area (TPSA) is 51.8 Å². The van der Waals surface area contributed by atoms with Gasteiger partial charge in [-0.25, -0.2) is 9.97 Å². The van der Waals surface area contributed by atoms with E-state index in [0.29, 0.717) is 11.7 Å². The third-order valence-corrected chi connectivity index (χ3v) is 5.07. The van der Waals surface area contributed by atoms with E-state index < -0.39 is 0 Å². The Balaban J connectivity index is 2.09. The highest BCUT2D eigenvalue weighted by atomic mass is 127. The molecule has 0 saturated carbocycles. The van der Waals surface area contributed by atoms with Gasteiger partial charge in [-0.1, -0.05) is 24.3 Å². The standard InChI is InChI=1S/C15H16IN3/c1-9-13(16)14(17)19-15(18-9)12-8-4-6-10-5-2-3-7-11(10)12/h2-3,5,7,12H,4,6,8H2,1H3,(H2,17,18,19).